The van der Waals surface area contributed by atoms with Gasteiger partial charge in [0.15, 0.2) is 0 Å². The topological polar surface area (TPSA) is 23.8 Å². The van der Waals surface area contributed by atoms with Crippen LogP contribution in [0.1, 0.15) is 26.3 Å². The number of nitrogens with one attached hydrogen (secondary N) is 1. The minimum atomic E-state index is 0. The Morgan fingerprint density at radius 2 is 1.00 bits per heavy atom. The third-order valence-corrected chi connectivity index (χ3v) is 0.829. The van der Waals surface area contributed by atoms with Crippen LogP contribution in [0.3, 0.4) is 0 Å². The van der Waals surface area contributed by atoms with E-state index in [2.05, 4.69) is 39.8 Å². The van der Waals surface area contributed by atoms with Crippen molar-refractivity contribution in [2.45, 2.75) is 27.7 Å². The van der Waals surface area contributed by atoms with E-state index in [1.54, 1.807) is 20.8 Å². The third-order valence-electron chi connectivity index (χ3n) is 0.829. The summed E-state index contributed by atoms with van der Waals surface area (Å²) in [7, 11) is 1.25. The molecule has 1 rings (SSSR count). The predicted molar refractivity (Wildman–Crippen MR) is 70.1 cm³/mol. The van der Waals surface area contributed by atoms with Gasteiger partial charge in [-0.3, -0.25) is 0 Å². The molecule has 0 fully saturated rings. The standard InChI is InChI=1S/C6H7.3C2H5.CH4N.Ti/c1-6-4-2-3-5-6;4*1-2;/h2-5H,1H3;3*1H2,2H3;2H,1H3;/q5*-1;. The molecule has 1 nitrogen and oxygen atoms in total. The van der Waals surface area contributed by atoms with Gasteiger partial charge < -0.3 is 26.5 Å². The molecule has 0 unspecified atom stereocenters. The van der Waals surface area contributed by atoms with Gasteiger partial charge in [0.05, 0.1) is 0 Å². The second-order valence-electron chi connectivity index (χ2n) is 1.46. The van der Waals surface area contributed by atoms with E-state index >= 15 is 0 Å². The van der Waals surface area contributed by atoms with Crippen molar-refractivity contribution in [3.8, 4) is 0 Å². The molecule has 0 atom stereocenters. The van der Waals surface area contributed by atoms with Crippen molar-refractivity contribution in [1.29, 1.82) is 0 Å². The van der Waals surface area contributed by atoms with Crippen LogP contribution in [0.15, 0.2) is 24.3 Å². The van der Waals surface area contributed by atoms with Gasteiger partial charge in [-0.05, 0) is 0 Å². The second-order valence-corrected chi connectivity index (χ2v) is 1.46. The van der Waals surface area contributed by atoms with Crippen LogP contribution in [0, 0.1) is 27.7 Å². The maximum atomic E-state index is 5.75. The van der Waals surface area contributed by atoms with Gasteiger partial charge in [0.2, 0.25) is 0 Å². The summed E-state index contributed by atoms with van der Waals surface area (Å²) in [5.74, 6) is 0. The Morgan fingerprint density at radius 3 is 1.07 bits per heavy atom. The van der Waals surface area contributed by atoms with E-state index in [0.29, 0.717) is 0 Å². The van der Waals surface area contributed by atoms with Crippen molar-refractivity contribution in [3.63, 3.8) is 0 Å². The molecule has 0 saturated carbocycles. The maximum absolute atomic E-state index is 5.75. The van der Waals surface area contributed by atoms with E-state index in [4.69, 9.17) is 5.73 Å². The van der Waals surface area contributed by atoms with Gasteiger partial charge in [0, 0.05) is 21.7 Å². The first-order valence-electron chi connectivity index (χ1n) is 4.70. The summed E-state index contributed by atoms with van der Waals surface area (Å²) in [5, 5.41) is 0. The monoisotopic (exact) mass is 244 g/mol. The molecule has 1 aromatic carbocycles. The smallest absolute Gasteiger partial charge is 0 e. The molecule has 2 heteroatoms. The van der Waals surface area contributed by atoms with Crippen LogP contribution in [0.2, 0.25) is 0 Å². The zero-order valence-corrected chi connectivity index (χ0v) is 12.5. The minimum absolute atomic E-state index is 0. The predicted octanol–water partition coefficient (Wildman–Crippen LogP) is 4.90. The zero-order chi connectivity index (χ0) is 12.4. The Balaban J connectivity index is -0.0000000325. The van der Waals surface area contributed by atoms with Gasteiger partial charge >= 0.3 is 0 Å². The van der Waals surface area contributed by atoms with Crippen LogP contribution < -0.4 is 0 Å². The van der Waals surface area contributed by atoms with Gasteiger partial charge in [0.25, 0.3) is 0 Å². The Labute approximate surface area is 113 Å². The summed E-state index contributed by atoms with van der Waals surface area (Å²) in [6.45, 7) is 17.1. The molecular weight excluding hydrogens is 218 g/mol. The molecule has 1 N–H and O–H groups in total. The summed E-state index contributed by atoms with van der Waals surface area (Å²) in [5.41, 5.74) is 7.09. The van der Waals surface area contributed by atoms with Crippen molar-refractivity contribution in [1.82, 2.24) is 0 Å². The Hall–Kier alpha value is 0.0243. The summed E-state index contributed by atoms with van der Waals surface area (Å²) < 4.78 is 0. The summed E-state index contributed by atoms with van der Waals surface area (Å²) in [6.07, 6.45) is 0. The summed E-state index contributed by atoms with van der Waals surface area (Å²) >= 11 is 0. The normalized spacial score (nSPS) is 5.13. The van der Waals surface area contributed by atoms with Crippen LogP contribution in [-0.2, 0) is 21.7 Å². The SMILES string of the molecule is C[NH-].C[c-]1cccc1.[CH2-]C.[CH2-]C.[CH2-]C.[Ti]. The van der Waals surface area contributed by atoms with E-state index < -0.39 is 0 Å². The van der Waals surface area contributed by atoms with E-state index in [9.17, 15) is 0 Å². The minimum Gasteiger partial charge on any atom is -0.680 e. The number of hydrogen-bond acceptors (Lipinski definition) is 0. The van der Waals surface area contributed by atoms with E-state index in [1.807, 2.05) is 12.1 Å². The number of hydrogen-bond donors (Lipinski definition) is 0. The molecule has 0 aromatic heterocycles. The average molecular weight is 244 g/mol. The van der Waals surface area contributed by atoms with Gasteiger partial charge in [-0.15, -0.1) is 0 Å². The Kier molecular flexibility index (Phi) is 94.5. The maximum Gasteiger partial charge on any atom is 0 e. The quantitative estimate of drug-likeness (QED) is 0.458. The van der Waals surface area contributed by atoms with Crippen LogP contribution in [0.25, 0.3) is 5.73 Å². The molecule has 0 amide bonds. The van der Waals surface area contributed by atoms with E-state index in [-0.39, 0.29) is 21.7 Å². The molecule has 0 saturated heterocycles. The molecule has 0 aliphatic rings. The van der Waals surface area contributed by atoms with Crippen molar-refractivity contribution >= 4 is 0 Å². The van der Waals surface area contributed by atoms with Crippen molar-refractivity contribution < 1.29 is 21.7 Å². The van der Waals surface area contributed by atoms with Crippen LogP contribution >= 0.6 is 0 Å². The number of aryl methyl sites for hydroxylation is 1. The van der Waals surface area contributed by atoms with Gasteiger partial charge in [-0.25, -0.2) is 12.1 Å². The van der Waals surface area contributed by atoms with Crippen LogP contribution in [0.4, 0.5) is 0 Å². The molecule has 92 valence electrons. The fourth-order valence-corrected chi connectivity index (χ4v) is 0.470. The fourth-order valence-electron chi connectivity index (χ4n) is 0.470. The molecule has 0 heterocycles. The van der Waals surface area contributed by atoms with Crippen LogP contribution in [-0.4, -0.2) is 7.05 Å². The van der Waals surface area contributed by atoms with E-state index in [0.717, 1.165) is 0 Å². The van der Waals surface area contributed by atoms with Crippen LogP contribution in [0.5, 0.6) is 0 Å². The fraction of sp³-hybridized carbons (Fsp3) is 0.385. The molecule has 0 radical (unpaired) electrons. The first kappa shape index (κ1) is 29.4. The average Bonchev–Trinajstić information content (AvgIpc) is 2.80. The van der Waals surface area contributed by atoms with Crippen molar-refractivity contribution in [3.05, 3.63) is 56.3 Å². The Bertz CT molecular complexity index is 114. The zero-order valence-electron chi connectivity index (χ0n) is 10.9. The second kappa shape index (κ2) is 48.2. The molecule has 0 bridgehead atoms. The van der Waals surface area contributed by atoms with Crippen molar-refractivity contribution in [2.75, 3.05) is 7.05 Å². The van der Waals surface area contributed by atoms with E-state index in [1.165, 1.54) is 12.6 Å². The third kappa shape index (κ3) is 41.1. The largest absolute Gasteiger partial charge is 0.680 e. The summed E-state index contributed by atoms with van der Waals surface area (Å²) in [4.78, 5) is 0. The molecular formula is C13H26NTi-5. The van der Waals surface area contributed by atoms with Gasteiger partial charge in [-0.2, -0.15) is 45.5 Å². The first-order chi connectivity index (χ1) is 6.89. The van der Waals surface area contributed by atoms with Gasteiger partial charge in [0.1, 0.15) is 0 Å². The van der Waals surface area contributed by atoms with Crippen molar-refractivity contribution in [2.24, 2.45) is 0 Å². The molecule has 0 aliphatic heterocycles. The molecule has 0 spiro atoms. The van der Waals surface area contributed by atoms with Gasteiger partial charge in [-0.1, -0.05) is 6.92 Å². The first-order valence-corrected chi connectivity index (χ1v) is 4.70. The molecule has 1 aromatic rings. The molecule has 15 heavy (non-hydrogen) atoms. The Morgan fingerprint density at radius 1 is 0.800 bits per heavy atom. The molecule has 0 aliphatic carbocycles. The number of rotatable bonds is 0. The summed E-state index contributed by atoms with van der Waals surface area (Å²) in [6, 6.07) is 8.24.